The summed E-state index contributed by atoms with van der Waals surface area (Å²) in [7, 11) is 0. The van der Waals surface area contributed by atoms with Crippen LogP contribution in [0, 0.1) is 11.3 Å². The fourth-order valence-electron chi connectivity index (χ4n) is 2.00. The summed E-state index contributed by atoms with van der Waals surface area (Å²) >= 11 is 0. The number of hydrogen-bond acceptors (Lipinski definition) is 4. The van der Waals surface area contributed by atoms with Crippen LogP contribution in [-0.4, -0.2) is 41.4 Å². The van der Waals surface area contributed by atoms with Gasteiger partial charge in [-0.2, -0.15) is 18.8 Å². The van der Waals surface area contributed by atoms with E-state index >= 15 is 0 Å². The Hall–Kier alpha value is -0.930. The van der Waals surface area contributed by atoms with E-state index in [2.05, 4.69) is 6.07 Å². The lowest BCUT2D eigenvalue weighted by atomic mass is 10.1. The van der Waals surface area contributed by atoms with Crippen LogP contribution >= 0.6 is 13.5 Å². The van der Waals surface area contributed by atoms with Crippen LogP contribution in [0.3, 0.4) is 0 Å². The highest BCUT2D eigenvalue weighted by molar-refractivity contribution is 7.59. The SMILES string of the molecule is CC(C)(C)OC(=O)N1C[C@@H]2O[C@@H]2[C@H]1CC#N.S. The zero-order valence-corrected chi connectivity index (χ0v) is 11.3. The summed E-state index contributed by atoms with van der Waals surface area (Å²) in [4.78, 5) is 13.5. The summed E-state index contributed by atoms with van der Waals surface area (Å²) in [5.41, 5.74) is -0.498. The minimum atomic E-state index is -0.498. The molecule has 0 aromatic heterocycles. The molecule has 0 aromatic rings. The topological polar surface area (TPSA) is 65.9 Å². The molecule has 0 aromatic carbocycles. The average Bonchev–Trinajstić information content (AvgIpc) is 2.81. The van der Waals surface area contributed by atoms with Crippen molar-refractivity contribution in [2.24, 2.45) is 0 Å². The maximum atomic E-state index is 11.9. The summed E-state index contributed by atoms with van der Waals surface area (Å²) in [6.07, 6.45) is 0.127. The normalized spacial score (nSPS) is 30.0. The van der Waals surface area contributed by atoms with Gasteiger partial charge in [0.1, 0.15) is 17.8 Å². The molecule has 2 aliphatic rings. The second-order valence-corrected chi connectivity index (χ2v) is 5.20. The van der Waals surface area contributed by atoms with E-state index in [1.165, 1.54) is 0 Å². The van der Waals surface area contributed by atoms with Crippen LogP contribution in [-0.2, 0) is 9.47 Å². The van der Waals surface area contributed by atoms with Gasteiger partial charge in [0.2, 0.25) is 0 Å². The molecule has 6 heteroatoms. The van der Waals surface area contributed by atoms with Gasteiger partial charge in [-0.25, -0.2) is 4.79 Å². The molecule has 0 bridgehead atoms. The first-order valence-corrected chi connectivity index (χ1v) is 5.44. The number of ether oxygens (including phenoxy) is 2. The van der Waals surface area contributed by atoms with Gasteiger partial charge in [0, 0.05) is 0 Å². The van der Waals surface area contributed by atoms with E-state index in [1.807, 2.05) is 20.8 Å². The van der Waals surface area contributed by atoms with Gasteiger partial charge in [-0.15, -0.1) is 0 Å². The second kappa shape index (κ2) is 4.75. The van der Waals surface area contributed by atoms with E-state index in [9.17, 15) is 4.79 Å². The Morgan fingerprint density at radius 2 is 2.24 bits per heavy atom. The summed E-state index contributed by atoms with van der Waals surface area (Å²) in [6, 6.07) is 1.95. The average molecular weight is 258 g/mol. The quantitative estimate of drug-likeness (QED) is 0.667. The van der Waals surface area contributed by atoms with E-state index in [4.69, 9.17) is 14.7 Å². The third-order valence-electron chi connectivity index (χ3n) is 2.71. The monoisotopic (exact) mass is 258 g/mol. The van der Waals surface area contributed by atoms with Crippen molar-refractivity contribution in [2.75, 3.05) is 6.54 Å². The minimum absolute atomic E-state index is 0. The molecule has 0 unspecified atom stereocenters. The van der Waals surface area contributed by atoms with Crippen LogP contribution in [0.25, 0.3) is 0 Å². The lowest BCUT2D eigenvalue weighted by Crippen LogP contribution is -2.42. The molecule has 1 amide bonds. The number of amides is 1. The Morgan fingerprint density at radius 3 is 2.76 bits per heavy atom. The van der Waals surface area contributed by atoms with Gasteiger partial charge >= 0.3 is 6.09 Å². The molecular weight excluding hydrogens is 240 g/mol. The number of nitrogens with zero attached hydrogens (tertiary/aromatic N) is 2. The summed E-state index contributed by atoms with van der Waals surface area (Å²) in [6.45, 7) is 6.04. The smallest absolute Gasteiger partial charge is 0.410 e. The minimum Gasteiger partial charge on any atom is -0.444 e. The van der Waals surface area contributed by atoms with E-state index in [-0.39, 0.29) is 37.8 Å². The van der Waals surface area contributed by atoms with E-state index in [0.29, 0.717) is 13.0 Å². The van der Waals surface area contributed by atoms with Crippen LogP contribution in [0.4, 0.5) is 4.79 Å². The first-order chi connectivity index (χ1) is 7.42. The van der Waals surface area contributed by atoms with Gasteiger partial charge in [0.15, 0.2) is 0 Å². The first kappa shape index (κ1) is 14.1. The van der Waals surface area contributed by atoms with Crippen molar-refractivity contribution >= 4 is 19.6 Å². The molecule has 2 aliphatic heterocycles. The van der Waals surface area contributed by atoms with E-state index < -0.39 is 5.60 Å². The second-order valence-electron chi connectivity index (χ2n) is 5.20. The maximum Gasteiger partial charge on any atom is 0.410 e. The molecule has 2 rings (SSSR count). The summed E-state index contributed by atoms with van der Waals surface area (Å²) < 4.78 is 10.6. The Kier molecular flexibility index (Phi) is 3.95. The number of carbonyl (C=O) groups is 1. The van der Waals surface area contributed by atoms with Crippen molar-refractivity contribution in [1.29, 1.82) is 5.26 Å². The van der Waals surface area contributed by atoms with Gasteiger partial charge in [0.25, 0.3) is 0 Å². The van der Waals surface area contributed by atoms with Crippen molar-refractivity contribution in [2.45, 2.75) is 51.0 Å². The molecule has 0 aliphatic carbocycles. The largest absolute Gasteiger partial charge is 0.444 e. The molecule has 0 N–H and O–H groups in total. The molecule has 17 heavy (non-hydrogen) atoms. The van der Waals surface area contributed by atoms with Gasteiger partial charge in [-0.3, -0.25) is 4.90 Å². The molecule has 2 heterocycles. The summed E-state index contributed by atoms with van der Waals surface area (Å²) in [5.74, 6) is 0. The van der Waals surface area contributed by atoms with Crippen LogP contribution in [0.5, 0.6) is 0 Å². The summed E-state index contributed by atoms with van der Waals surface area (Å²) in [5, 5.41) is 8.71. The van der Waals surface area contributed by atoms with E-state index in [0.717, 1.165) is 0 Å². The molecule has 96 valence electrons. The van der Waals surface area contributed by atoms with Crippen molar-refractivity contribution in [3.63, 3.8) is 0 Å². The molecule has 0 saturated carbocycles. The van der Waals surface area contributed by atoms with Crippen molar-refractivity contribution in [3.05, 3.63) is 0 Å². The van der Waals surface area contributed by atoms with E-state index in [1.54, 1.807) is 4.90 Å². The number of fused-ring (bicyclic) bond motifs is 1. The number of rotatable bonds is 1. The predicted octanol–water partition coefficient (Wildman–Crippen LogP) is 1.40. The highest BCUT2D eigenvalue weighted by Crippen LogP contribution is 2.38. The lowest BCUT2D eigenvalue weighted by Gasteiger charge is -2.28. The Morgan fingerprint density at radius 1 is 1.59 bits per heavy atom. The fraction of sp³-hybridized carbons (Fsp3) is 0.818. The van der Waals surface area contributed by atoms with Crippen molar-refractivity contribution < 1.29 is 14.3 Å². The van der Waals surface area contributed by atoms with Crippen LogP contribution < -0.4 is 0 Å². The molecule has 0 spiro atoms. The zero-order valence-electron chi connectivity index (χ0n) is 10.3. The van der Waals surface area contributed by atoms with Crippen LogP contribution in [0.2, 0.25) is 0 Å². The highest BCUT2D eigenvalue weighted by atomic mass is 32.1. The van der Waals surface area contributed by atoms with Crippen LogP contribution in [0.15, 0.2) is 0 Å². The Bertz CT molecular complexity index is 348. The lowest BCUT2D eigenvalue weighted by molar-refractivity contribution is 0.0129. The van der Waals surface area contributed by atoms with Crippen molar-refractivity contribution in [3.8, 4) is 6.07 Å². The standard InChI is InChI=1S/C11H16N2O3.H2S/c1-11(2,3)16-10(14)13-6-8-9(15-8)7(13)4-5-12;/h7-9H,4,6H2,1-3H3;1H2/t7-,8+,9-;/m1./s1. The van der Waals surface area contributed by atoms with Crippen molar-refractivity contribution in [1.82, 2.24) is 4.90 Å². The molecule has 2 saturated heterocycles. The van der Waals surface area contributed by atoms with Gasteiger partial charge in [-0.1, -0.05) is 0 Å². The third-order valence-corrected chi connectivity index (χ3v) is 2.71. The number of carbonyl (C=O) groups excluding carboxylic acids is 1. The van der Waals surface area contributed by atoms with Gasteiger partial charge in [0.05, 0.1) is 25.1 Å². The fourth-order valence-corrected chi connectivity index (χ4v) is 2.00. The van der Waals surface area contributed by atoms with Gasteiger partial charge in [-0.05, 0) is 20.8 Å². The van der Waals surface area contributed by atoms with Gasteiger partial charge < -0.3 is 9.47 Å². The maximum absolute atomic E-state index is 11.9. The number of hydrogen-bond donors (Lipinski definition) is 0. The number of epoxide rings is 1. The molecule has 0 radical (unpaired) electrons. The molecule has 5 nitrogen and oxygen atoms in total. The Labute approximate surface area is 108 Å². The Balaban J connectivity index is 0.00000144. The first-order valence-electron chi connectivity index (χ1n) is 5.44. The van der Waals surface area contributed by atoms with Crippen LogP contribution in [0.1, 0.15) is 27.2 Å². The molecule has 3 atom stereocenters. The third kappa shape index (κ3) is 3.05. The number of nitriles is 1. The number of morpholine rings is 1. The zero-order chi connectivity index (χ0) is 11.9. The number of likely N-dealkylation sites (tertiary alicyclic amines) is 1. The predicted molar refractivity (Wildman–Crippen MR) is 66.0 cm³/mol. The molecular formula is C11H18N2O3S. The highest BCUT2D eigenvalue weighted by Gasteiger charge is 2.56. The molecule has 2 fully saturated rings.